The summed E-state index contributed by atoms with van der Waals surface area (Å²) < 4.78 is 2.36. The van der Waals surface area contributed by atoms with Crippen molar-refractivity contribution < 1.29 is 9.90 Å². The number of ketones is 1. The Labute approximate surface area is 134 Å². The highest BCUT2D eigenvalue weighted by Gasteiger charge is 2.41. The fourth-order valence-corrected chi connectivity index (χ4v) is 3.22. The van der Waals surface area contributed by atoms with Crippen molar-refractivity contribution in [3.8, 4) is 0 Å². The van der Waals surface area contributed by atoms with E-state index >= 15 is 0 Å². The van der Waals surface area contributed by atoms with Crippen LogP contribution in [0.1, 0.15) is 43.1 Å². The number of likely N-dealkylation sites (N-methyl/N-ethyl adjacent to an activating group) is 1. The van der Waals surface area contributed by atoms with Crippen molar-refractivity contribution in [3.63, 3.8) is 0 Å². The maximum atomic E-state index is 12.8. The van der Waals surface area contributed by atoms with Gasteiger partial charge in [0.1, 0.15) is 11.3 Å². The van der Waals surface area contributed by atoms with Gasteiger partial charge in [-0.25, -0.2) is 0 Å². The molecule has 1 N–H and O–H groups in total. The van der Waals surface area contributed by atoms with Gasteiger partial charge >= 0.3 is 0 Å². The zero-order valence-electron chi connectivity index (χ0n) is 13.0. The number of aliphatic hydroxyl groups is 1. The molecule has 0 aliphatic heterocycles. The minimum atomic E-state index is -1.23. The molecule has 0 radical (unpaired) electrons. The van der Waals surface area contributed by atoms with E-state index in [0.29, 0.717) is 35.5 Å². The summed E-state index contributed by atoms with van der Waals surface area (Å²) in [6.45, 7) is 3.59. The molecule has 0 unspecified atom stereocenters. The van der Waals surface area contributed by atoms with Crippen molar-refractivity contribution in [2.24, 2.45) is 5.92 Å². The molecular weight excluding hydrogens is 334 g/mol. The summed E-state index contributed by atoms with van der Waals surface area (Å²) >= 11 is 3.40. The fourth-order valence-electron chi connectivity index (χ4n) is 2.74. The zero-order chi connectivity index (χ0) is 15.6. The number of hydrogen-bond donors (Lipinski definition) is 1. The van der Waals surface area contributed by atoms with E-state index in [9.17, 15) is 9.90 Å². The Morgan fingerprint density at radius 2 is 2.14 bits per heavy atom. The van der Waals surface area contributed by atoms with Crippen LogP contribution in [0.5, 0.6) is 0 Å². The Kier molecular flexibility index (Phi) is 5.22. The van der Waals surface area contributed by atoms with Crippen LogP contribution >= 0.6 is 15.9 Å². The number of halogens is 1. The molecule has 1 aliphatic rings. The predicted molar refractivity (Wildman–Crippen MR) is 85.4 cm³/mol. The van der Waals surface area contributed by atoms with E-state index in [-0.39, 0.29) is 5.78 Å². The number of nitrogens with zero attached hydrogens (tertiary/aromatic N) is 3. The van der Waals surface area contributed by atoms with Gasteiger partial charge in [0.2, 0.25) is 5.78 Å². The van der Waals surface area contributed by atoms with Crippen LogP contribution in [0.3, 0.4) is 0 Å². The molecule has 1 aliphatic carbocycles. The number of carbonyl (C=O) groups is 1. The summed E-state index contributed by atoms with van der Waals surface area (Å²) in [5.41, 5.74) is -0.737. The minimum absolute atomic E-state index is 0.197. The molecule has 1 heterocycles. The first-order chi connectivity index (χ1) is 9.83. The van der Waals surface area contributed by atoms with Crippen LogP contribution < -0.4 is 0 Å². The zero-order valence-corrected chi connectivity index (χ0v) is 14.6. The fraction of sp³-hybridized carbons (Fsp3) is 0.733. The predicted octanol–water partition coefficient (Wildman–Crippen LogP) is 2.33. The SMILES string of the molecule is CC1CCC(O)(C(=O)c2c(Br)cnn2CCN(C)C)CC1. The average Bonchev–Trinajstić information content (AvgIpc) is 2.80. The van der Waals surface area contributed by atoms with Gasteiger partial charge in [-0.05, 0) is 61.6 Å². The smallest absolute Gasteiger partial charge is 0.213 e. The lowest BCUT2D eigenvalue weighted by molar-refractivity contribution is 0.00325. The summed E-state index contributed by atoms with van der Waals surface area (Å²) in [5.74, 6) is 0.387. The maximum Gasteiger partial charge on any atom is 0.213 e. The van der Waals surface area contributed by atoms with Gasteiger partial charge in [-0.3, -0.25) is 9.48 Å². The minimum Gasteiger partial charge on any atom is -0.382 e. The summed E-state index contributed by atoms with van der Waals surface area (Å²) in [6.07, 6.45) is 4.51. The Bertz CT molecular complexity index is 505. The lowest BCUT2D eigenvalue weighted by Gasteiger charge is -2.33. The third-order valence-electron chi connectivity index (χ3n) is 4.29. The van der Waals surface area contributed by atoms with Crippen LogP contribution in [0.15, 0.2) is 10.7 Å². The van der Waals surface area contributed by atoms with Crippen LogP contribution in [0, 0.1) is 5.92 Å². The molecule has 1 aromatic heterocycles. The van der Waals surface area contributed by atoms with E-state index in [4.69, 9.17) is 0 Å². The van der Waals surface area contributed by atoms with E-state index in [1.807, 2.05) is 19.0 Å². The van der Waals surface area contributed by atoms with Crippen molar-refractivity contribution in [2.45, 2.75) is 44.8 Å². The second-order valence-corrected chi connectivity index (χ2v) is 7.27. The van der Waals surface area contributed by atoms with Crippen molar-refractivity contribution in [1.29, 1.82) is 0 Å². The number of rotatable bonds is 5. The van der Waals surface area contributed by atoms with Crippen LogP contribution in [0.4, 0.5) is 0 Å². The highest BCUT2D eigenvalue weighted by Crippen LogP contribution is 2.35. The normalized spacial score (nSPS) is 26.3. The topological polar surface area (TPSA) is 58.4 Å². The first-order valence-electron chi connectivity index (χ1n) is 7.47. The van der Waals surface area contributed by atoms with Crippen molar-refractivity contribution in [1.82, 2.24) is 14.7 Å². The Morgan fingerprint density at radius 3 is 2.71 bits per heavy atom. The number of Topliss-reactive ketones (excluding diaryl/α,β-unsaturated/α-hetero) is 1. The summed E-state index contributed by atoms with van der Waals surface area (Å²) in [7, 11) is 3.96. The first-order valence-corrected chi connectivity index (χ1v) is 8.26. The molecule has 1 saturated carbocycles. The van der Waals surface area contributed by atoms with Gasteiger partial charge in [-0.1, -0.05) is 6.92 Å². The number of carbonyl (C=O) groups excluding carboxylic acids is 1. The quantitative estimate of drug-likeness (QED) is 0.821. The van der Waals surface area contributed by atoms with Gasteiger partial charge in [-0.15, -0.1) is 0 Å². The van der Waals surface area contributed by atoms with E-state index in [2.05, 4.69) is 28.0 Å². The van der Waals surface area contributed by atoms with Crippen molar-refractivity contribution in [2.75, 3.05) is 20.6 Å². The van der Waals surface area contributed by atoms with Crippen LogP contribution in [-0.2, 0) is 6.54 Å². The molecule has 5 nitrogen and oxygen atoms in total. The second-order valence-electron chi connectivity index (χ2n) is 6.41. The molecule has 0 bridgehead atoms. The van der Waals surface area contributed by atoms with Gasteiger partial charge in [0.05, 0.1) is 17.2 Å². The summed E-state index contributed by atoms with van der Waals surface area (Å²) in [5, 5.41) is 15.0. The number of aromatic nitrogens is 2. The molecule has 21 heavy (non-hydrogen) atoms. The molecule has 1 fully saturated rings. The maximum absolute atomic E-state index is 12.8. The molecule has 0 saturated heterocycles. The molecule has 1 aromatic rings. The Balaban J connectivity index is 2.20. The number of hydrogen-bond acceptors (Lipinski definition) is 4. The third kappa shape index (κ3) is 3.73. The van der Waals surface area contributed by atoms with E-state index in [1.165, 1.54) is 0 Å². The van der Waals surface area contributed by atoms with Crippen molar-refractivity contribution in [3.05, 3.63) is 16.4 Å². The monoisotopic (exact) mass is 357 g/mol. The molecule has 2 rings (SSSR count). The van der Waals surface area contributed by atoms with E-state index in [0.717, 1.165) is 19.4 Å². The molecule has 6 heteroatoms. The Morgan fingerprint density at radius 1 is 1.52 bits per heavy atom. The van der Waals surface area contributed by atoms with Gasteiger partial charge in [-0.2, -0.15) is 5.10 Å². The van der Waals surface area contributed by atoms with E-state index in [1.54, 1.807) is 10.9 Å². The molecule has 0 atom stereocenters. The van der Waals surface area contributed by atoms with Gasteiger partial charge < -0.3 is 10.0 Å². The lowest BCUT2D eigenvalue weighted by atomic mass is 9.76. The summed E-state index contributed by atoms with van der Waals surface area (Å²) in [4.78, 5) is 14.9. The molecule has 0 aromatic carbocycles. The highest BCUT2D eigenvalue weighted by molar-refractivity contribution is 9.10. The van der Waals surface area contributed by atoms with Crippen LogP contribution in [0.25, 0.3) is 0 Å². The second kappa shape index (κ2) is 6.58. The standard InChI is InChI=1S/C15H24BrN3O2/c1-11-4-6-15(21,7-5-11)14(20)13-12(16)10-17-19(13)9-8-18(2)3/h10-11,21H,4-9H2,1-3H3. The van der Waals surface area contributed by atoms with Crippen LogP contribution in [-0.4, -0.2) is 51.8 Å². The van der Waals surface area contributed by atoms with Crippen LogP contribution in [0.2, 0.25) is 0 Å². The van der Waals surface area contributed by atoms with Gasteiger partial charge in [0.15, 0.2) is 0 Å². The Hall–Kier alpha value is -0.720. The largest absolute Gasteiger partial charge is 0.382 e. The molecular formula is C15H24BrN3O2. The molecule has 118 valence electrons. The molecule has 0 spiro atoms. The average molecular weight is 358 g/mol. The van der Waals surface area contributed by atoms with E-state index < -0.39 is 5.60 Å². The summed E-state index contributed by atoms with van der Waals surface area (Å²) in [6, 6.07) is 0. The van der Waals surface area contributed by atoms with Crippen molar-refractivity contribution >= 4 is 21.7 Å². The van der Waals surface area contributed by atoms with Gasteiger partial charge in [0, 0.05) is 6.54 Å². The third-order valence-corrected chi connectivity index (χ3v) is 4.87. The highest BCUT2D eigenvalue weighted by atomic mass is 79.9. The lowest BCUT2D eigenvalue weighted by Crippen LogP contribution is -2.43. The first kappa shape index (κ1) is 16.6. The van der Waals surface area contributed by atoms with Gasteiger partial charge in [0.25, 0.3) is 0 Å². The molecule has 0 amide bonds.